The van der Waals surface area contributed by atoms with Gasteiger partial charge in [0.25, 0.3) is 0 Å². The summed E-state index contributed by atoms with van der Waals surface area (Å²) in [5, 5.41) is 7.46. The summed E-state index contributed by atoms with van der Waals surface area (Å²) in [4.78, 5) is 23.2. The second-order valence-corrected chi connectivity index (χ2v) is 4.07. The van der Waals surface area contributed by atoms with Crippen LogP contribution in [-0.4, -0.2) is 46.9 Å². The molecule has 114 valence electrons. The van der Waals surface area contributed by atoms with E-state index >= 15 is 0 Å². The lowest BCUT2D eigenvalue weighted by atomic mass is 10.5. The van der Waals surface area contributed by atoms with Gasteiger partial charge in [-0.15, -0.1) is 0 Å². The Hall–Kier alpha value is -1.67. The van der Waals surface area contributed by atoms with Gasteiger partial charge in [0.2, 0.25) is 11.9 Å². The molecule has 0 amide bonds. The molecule has 2 N–H and O–H groups in total. The SMILES string of the molecule is CCCNc1nc(NCCC)nc(ON(C)OCC)n1. The zero-order valence-electron chi connectivity index (χ0n) is 12.6. The summed E-state index contributed by atoms with van der Waals surface area (Å²) in [7, 11) is 1.64. The fraction of sp³-hybridized carbons (Fsp3) is 0.750. The van der Waals surface area contributed by atoms with Gasteiger partial charge in [-0.05, 0) is 25.0 Å². The van der Waals surface area contributed by atoms with Crippen molar-refractivity contribution in [2.24, 2.45) is 0 Å². The molecule has 1 rings (SSSR count). The standard InChI is InChI=1S/C12H24N6O2/c1-5-8-13-10-15-11(14-9-6-2)17-12(16-10)20-18(4)19-7-3/h5-9H2,1-4H3,(H2,13,14,15,16,17). The summed E-state index contributed by atoms with van der Waals surface area (Å²) >= 11 is 0. The Morgan fingerprint density at radius 3 is 1.95 bits per heavy atom. The van der Waals surface area contributed by atoms with Gasteiger partial charge < -0.3 is 15.5 Å². The van der Waals surface area contributed by atoms with Crippen molar-refractivity contribution in [2.75, 3.05) is 37.4 Å². The molecule has 1 heterocycles. The van der Waals surface area contributed by atoms with E-state index in [1.54, 1.807) is 7.05 Å². The highest BCUT2D eigenvalue weighted by atomic mass is 16.9. The molecule has 0 unspecified atom stereocenters. The maximum absolute atomic E-state index is 5.36. The lowest BCUT2D eigenvalue weighted by Gasteiger charge is -2.15. The molecule has 0 radical (unpaired) electrons. The topological polar surface area (TPSA) is 84.4 Å². The second-order valence-electron chi connectivity index (χ2n) is 4.07. The predicted molar refractivity (Wildman–Crippen MR) is 77.4 cm³/mol. The minimum atomic E-state index is 0.188. The smallest absolute Gasteiger partial charge is 0.345 e. The number of anilines is 2. The van der Waals surface area contributed by atoms with Gasteiger partial charge in [0.1, 0.15) is 0 Å². The van der Waals surface area contributed by atoms with E-state index < -0.39 is 0 Å². The molecule has 20 heavy (non-hydrogen) atoms. The van der Waals surface area contributed by atoms with Gasteiger partial charge in [-0.25, -0.2) is 0 Å². The molecule has 8 nitrogen and oxygen atoms in total. The summed E-state index contributed by atoms with van der Waals surface area (Å²) in [5.74, 6) is 0.973. The van der Waals surface area contributed by atoms with Gasteiger partial charge >= 0.3 is 6.01 Å². The average molecular weight is 284 g/mol. The number of aromatic nitrogens is 3. The third-order valence-corrected chi connectivity index (χ3v) is 2.20. The summed E-state index contributed by atoms with van der Waals surface area (Å²) in [6.07, 6.45) is 1.97. The number of nitrogens with zero attached hydrogens (tertiary/aromatic N) is 4. The van der Waals surface area contributed by atoms with E-state index in [9.17, 15) is 0 Å². The number of nitrogens with one attached hydrogen (secondary N) is 2. The minimum Gasteiger partial charge on any atom is -0.354 e. The van der Waals surface area contributed by atoms with Crippen LogP contribution in [-0.2, 0) is 4.84 Å². The average Bonchev–Trinajstić information content (AvgIpc) is 2.43. The van der Waals surface area contributed by atoms with Gasteiger partial charge in [0, 0.05) is 13.1 Å². The summed E-state index contributed by atoms with van der Waals surface area (Å²) in [6.45, 7) is 8.10. The number of hydroxylamine groups is 2. The molecule has 0 bridgehead atoms. The molecule has 0 aliphatic heterocycles. The molecule has 0 aromatic carbocycles. The van der Waals surface area contributed by atoms with Crippen molar-refractivity contribution < 1.29 is 9.68 Å². The third-order valence-electron chi connectivity index (χ3n) is 2.20. The Morgan fingerprint density at radius 1 is 0.950 bits per heavy atom. The van der Waals surface area contributed by atoms with Crippen LogP contribution >= 0.6 is 0 Å². The van der Waals surface area contributed by atoms with E-state index in [0.29, 0.717) is 18.5 Å². The van der Waals surface area contributed by atoms with Crippen LogP contribution in [0, 0.1) is 0 Å². The maximum Gasteiger partial charge on any atom is 0.345 e. The van der Waals surface area contributed by atoms with Crippen LogP contribution in [0.15, 0.2) is 0 Å². The zero-order chi connectivity index (χ0) is 14.8. The largest absolute Gasteiger partial charge is 0.354 e. The molecule has 8 heteroatoms. The van der Waals surface area contributed by atoms with Gasteiger partial charge in [-0.3, -0.25) is 4.84 Å². The quantitative estimate of drug-likeness (QED) is 0.628. The first-order valence-corrected chi connectivity index (χ1v) is 6.98. The highest BCUT2D eigenvalue weighted by Gasteiger charge is 2.09. The Morgan fingerprint density at radius 2 is 1.50 bits per heavy atom. The van der Waals surface area contributed by atoms with Crippen molar-refractivity contribution in [3.05, 3.63) is 0 Å². The van der Waals surface area contributed by atoms with E-state index in [0.717, 1.165) is 25.9 Å². The first-order valence-electron chi connectivity index (χ1n) is 6.98. The lowest BCUT2D eigenvalue weighted by molar-refractivity contribution is -0.301. The lowest BCUT2D eigenvalue weighted by Crippen LogP contribution is -2.24. The van der Waals surface area contributed by atoms with Crippen molar-refractivity contribution in [3.63, 3.8) is 0 Å². The van der Waals surface area contributed by atoms with Crippen LogP contribution in [0.3, 0.4) is 0 Å². The first-order chi connectivity index (χ1) is 9.69. The maximum atomic E-state index is 5.36. The Kier molecular flexibility index (Phi) is 7.59. The summed E-state index contributed by atoms with van der Waals surface area (Å²) in [6, 6.07) is 0.188. The van der Waals surface area contributed by atoms with Crippen molar-refractivity contribution in [1.82, 2.24) is 20.2 Å². The van der Waals surface area contributed by atoms with Crippen molar-refractivity contribution in [3.8, 4) is 6.01 Å². The molecular formula is C12H24N6O2. The normalized spacial score (nSPS) is 10.7. The fourth-order valence-electron chi connectivity index (χ4n) is 1.35. The monoisotopic (exact) mass is 284 g/mol. The summed E-state index contributed by atoms with van der Waals surface area (Å²) < 4.78 is 0. The van der Waals surface area contributed by atoms with E-state index in [1.807, 2.05) is 6.92 Å². The predicted octanol–water partition coefficient (Wildman–Crippen LogP) is 1.69. The van der Waals surface area contributed by atoms with Crippen LogP contribution < -0.4 is 15.5 Å². The van der Waals surface area contributed by atoms with Crippen LogP contribution in [0.5, 0.6) is 6.01 Å². The number of rotatable bonds is 10. The molecule has 0 aliphatic carbocycles. The van der Waals surface area contributed by atoms with E-state index in [-0.39, 0.29) is 6.01 Å². The van der Waals surface area contributed by atoms with Gasteiger partial charge in [0.05, 0.1) is 13.7 Å². The molecule has 0 saturated carbocycles. The third kappa shape index (κ3) is 5.98. The molecule has 0 aliphatic rings. The molecule has 1 aromatic rings. The summed E-state index contributed by atoms with van der Waals surface area (Å²) in [5.41, 5.74) is 0. The Bertz CT molecular complexity index is 364. The van der Waals surface area contributed by atoms with Crippen molar-refractivity contribution in [1.29, 1.82) is 0 Å². The molecular weight excluding hydrogens is 260 g/mol. The van der Waals surface area contributed by atoms with E-state index in [2.05, 4.69) is 39.4 Å². The van der Waals surface area contributed by atoms with Crippen LogP contribution in [0.1, 0.15) is 33.6 Å². The van der Waals surface area contributed by atoms with Crippen molar-refractivity contribution >= 4 is 11.9 Å². The molecule has 0 saturated heterocycles. The highest BCUT2D eigenvalue weighted by Crippen LogP contribution is 2.12. The van der Waals surface area contributed by atoms with Gasteiger partial charge in [-0.2, -0.15) is 15.0 Å². The number of hydrogen-bond donors (Lipinski definition) is 2. The highest BCUT2D eigenvalue weighted by molar-refractivity contribution is 5.35. The van der Waals surface area contributed by atoms with Gasteiger partial charge in [-0.1, -0.05) is 13.8 Å². The Labute approximate surface area is 119 Å². The number of hydrogen-bond acceptors (Lipinski definition) is 8. The molecule has 1 aromatic heterocycles. The molecule has 0 spiro atoms. The van der Waals surface area contributed by atoms with Gasteiger partial charge in [0.15, 0.2) is 0 Å². The second kappa shape index (κ2) is 9.27. The van der Waals surface area contributed by atoms with Crippen molar-refractivity contribution in [2.45, 2.75) is 33.6 Å². The minimum absolute atomic E-state index is 0.188. The molecule has 0 fully saturated rings. The van der Waals surface area contributed by atoms with Crippen LogP contribution in [0.2, 0.25) is 0 Å². The van der Waals surface area contributed by atoms with E-state index in [1.165, 1.54) is 5.23 Å². The zero-order valence-corrected chi connectivity index (χ0v) is 12.6. The van der Waals surface area contributed by atoms with Crippen LogP contribution in [0.4, 0.5) is 11.9 Å². The fourth-order valence-corrected chi connectivity index (χ4v) is 1.35. The molecule has 0 atom stereocenters. The first kappa shape index (κ1) is 16.4. The van der Waals surface area contributed by atoms with Crippen LogP contribution in [0.25, 0.3) is 0 Å². The van der Waals surface area contributed by atoms with E-state index in [4.69, 9.17) is 9.68 Å². The Balaban J connectivity index is 2.78.